The molecule has 5 nitrogen and oxygen atoms in total. The van der Waals surface area contributed by atoms with Crippen LogP contribution in [0.25, 0.3) is 10.8 Å². The number of halogens is 3. The van der Waals surface area contributed by atoms with Gasteiger partial charge in [-0.2, -0.15) is 13.2 Å². The first kappa shape index (κ1) is 24.4. The van der Waals surface area contributed by atoms with Crippen LogP contribution in [-0.4, -0.2) is 50.8 Å². The van der Waals surface area contributed by atoms with Gasteiger partial charge in [0.15, 0.2) is 0 Å². The van der Waals surface area contributed by atoms with Gasteiger partial charge in [0.05, 0.1) is 16.9 Å². The number of amides is 1. The molecular formula is C26H30F3N3O2S. The number of carbonyl (C=O) groups is 1. The van der Waals surface area contributed by atoms with Crippen molar-refractivity contribution in [2.45, 2.75) is 56.7 Å². The highest BCUT2D eigenvalue weighted by molar-refractivity contribution is 7.82. The van der Waals surface area contributed by atoms with E-state index in [9.17, 15) is 22.2 Å². The minimum Gasteiger partial charge on any atom is -0.312 e. The number of carbonyl (C=O) groups excluding carboxylic acids is 1. The molecule has 1 saturated carbocycles. The van der Waals surface area contributed by atoms with E-state index in [1.54, 1.807) is 0 Å². The Hall–Kier alpha value is -2.26. The van der Waals surface area contributed by atoms with Gasteiger partial charge in [-0.3, -0.25) is 9.79 Å². The predicted octanol–water partition coefficient (Wildman–Crippen LogP) is 4.78. The van der Waals surface area contributed by atoms with Gasteiger partial charge in [0.1, 0.15) is 11.4 Å². The van der Waals surface area contributed by atoms with Crippen molar-refractivity contribution in [3.8, 4) is 0 Å². The lowest BCUT2D eigenvalue weighted by Crippen LogP contribution is -2.49. The topological polar surface area (TPSA) is 61.8 Å². The number of alkyl halides is 3. The standard InChI is InChI=1S/C26H30F3N3O2S/c27-26(28,29)21-10-8-20(9-11-21)23-30-24(33)25(31-23)13-15-32(16-14-25)35(34)17-12-19-6-3-5-18-4-1-2-7-22(18)19/h1-7,20-21H,8-17H2,(H,30,31,33). The van der Waals surface area contributed by atoms with Crippen molar-refractivity contribution >= 4 is 33.5 Å². The molecule has 2 aromatic rings. The number of aryl methyl sites for hydroxylation is 1. The third-order valence-corrected chi connectivity index (χ3v) is 9.33. The van der Waals surface area contributed by atoms with Crippen molar-refractivity contribution in [2.24, 2.45) is 16.8 Å². The second kappa shape index (κ2) is 9.65. The maximum Gasteiger partial charge on any atom is 0.391 e. The van der Waals surface area contributed by atoms with Crippen molar-refractivity contribution in [3.05, 3.63) is 48.0 Å². The molecule has 0 bridgehead atoms. The molecular weight excluding hydrogens is 475 g/mol. The van der Waals surface area contributed by atoms with Crippen LogP contribution in [0.5, 0.6) is 0 Å². The summed E-state index contributed by atoms with van der Waals surface area (Å²) in [4.78, 5) is 17.6. The molecule has 1 spiro atoms. The van der Waals surface area contributed by atoms with E-state index < -0.39 is 28.6 Å². The molecule has 1 aliphatic carbocycles. The number of rotatable bonds is 5. The first-order valence-electron chi connectivity index (χ1n) is 12.3. The van der Waals surface area contributed by atoms with Crippen LogP contribution >= 0.6 is 0 Å². The van der Waals surface area contributed by atoms with Gasteiger partial charge >= 0.3 is 6.18 Å². The van der Waals surface area contributed by atoms with Crippen LogP contribution in [-0.2, 0) is 22.2 Å². The largest absolute Gasteiger partial charge is 0.391 e. The number of hydrogen-bond donors (Lipinski definition) is 1. The predicted molar refractivity (Wildman–Crippen MR) is 131 cm³/mol. The second-order valence-corrected chi connectivity index (χ2v) is 11.5. The first-order valence-corrected chi connectivity index (χ1v) is 13.6. The van der Waals surface area contributed by atoms with E-state index in [0.717, 1.165) is 0 Å². The molecule has 9 heteroatoms. The minimum absolute atomic E-state index is 0.0829. The van der Waals surface area contributed by atoms with Crippen molar-refractivity contribution in [3.63, 3.8) is 0 Å². The Kier molecular flexibility index (Phi) is 6.74. The molecule has 2 aliphatic heterocycles. The Morgan fingerprint density at radius 3 is 2.43 bits per heavy atom. The van der Waals surface area contributed by atoms with Crippen molar-refractivity contribution in [1.29, 1.82) is 0 Å². The normalized spacial score (nSPS) is 26.0. The molecule has 2 aromatic carbocycles. The lowest BCUT2D eigenvalue weighted by Gasteiger charge is -2.34. The highest BCUT2D eigenvalue weighted by Gasteiger charge is 2.49. The Labute approximate surface area is 205 Å². The fourth-order valence-electron chi connectivity index (χ4n) is 5.66. The minimum atomic E-state index is -4.15. The van der Waals surface area contributed by atoms with Crippen LogP contribution in [0.1, 0.15) is 44.1 Å². The van der Waals surface area contributed by atoms with Gasteiger partial charge in [-0.05, 0) is 61.3 Å². The Bertz CT molecular complexity index is 1140. The lowest BCUT2D eigenvalue weighted by atomic mass is 9.81. The molecule has 1 unspecified atom stereocenters. The Balaban J connectivity index is 1.17. The van der Waals surface area contributed by atoms with E-state index in [1.165, 1.54) is 16.3 Å². The number of piperidine rings is 1. The molecule has 35 heavy (non-hydrogen) atoms. The van der Waals surface area contributed by atoms with E-state index in [1.807, 2.05) is 22.5 Å². The number of nitrogens with zero attached hydrogens (tertiary/aromatic N) is 2. The molecule has 1 N–H and O–H groups in total. The smallest absolute Gasteiger partial charge is 0.312 e. The number of nitrogens with one attached hydrogen (secondary N) is 1. The van der Waals surface area contributed by atoms with Gasteiger partial charge in [0.25, 0.3) is 5.91 Å². The zero-order chi connectivity index (χ0) is 24.6. The summed E-state index contributed by atoms with van der Waals surface area (Å²) in [6.45, 7) is 1.01. The molecule has 3 aliphatic rings. The monoisotopic (exact) mass is 505 g/mol. The quantitative estimate of drug-likeness (QED) is 0.636. The average Bonchev–Trinajstić information content (AvgIpc) is 3.18. The highest BCUT2D eigenvalue weighted by atomic mass is 32.2. The molecule has 5 rings (SSSR count). The van der Waals surface area contributed by atoms with Crippen LogP contribution in [0.15, 0.2) is 47.5 Å². The number of amidine groups is 1. The van der Waals surface area contributed by atoms with Gasteiger partial charge in [-0.15, -0.1) is 0 Å². The van der Waals surface area contributed by atoms with E-state index in [-0.39, 0.29) is 24.7 Å². The lowest BCUT2D eigenvalue weighted by molar-refractivity contribution is -0.182. The van der Waals surface area contributed by atoms with Gasteiger partial charge in [0, 0.05) is 24.8 Å². The highest BCUT2D eigenvalue weighted by Crippen LogP contribution is 2.41. The van der Waals surface area contributed by atoms with Gasteiger partial charge < -0.3 is 5.32 Å². The number of fused-ring (bicyclic) bond motifs is 1. The molecule has 1 saturated heterocycles. The van der Waals surface area contributed by atoms with E-state index >= 15 is 0 Å². The van der Waals surface area contributed by atoms with E-state index in [2.05, 4.69) is 29.6 Å². The average molecular weight is 506 g/mol. The summed E-state index contributed by atoms with van der Waals surface area (Å²) >= 11 is 0. The molecule has 1 amide bonds. The summed E-state index contributed by atoms with van der Waals surface area (Å²) in [5, 5.41) is 5.23. The molecule has 1 atom stereocenters. The maximum absolute atomic E-state index is 13.0. The van der Waals surface area contributed by atoms with E-state index in [0.29, 0.717) is 56.8 Å². The number of aliphatic imine (C=N–C) groups is 1. The molecule has 0 aromatic heterocycles. The van der Waals surface area contributed by atoms with Crippen LogP contribution < -0.4 is 5.32 Å². The number of benzene rings is 2. The fraction of sp³-hybridized carbons (Fsp3) is 0.538. The molecule has 0 radical (unpaired) electrons. The van der Waals surface area contributed by atoms with Crippen LogP contribution in [0.2, 0.25) is 0 Å². The van der Waals surface area contributed by atoms with Gasteiger partial charge in [0.2, 0.25) is 0 Å². The van der Waals surface area contributed by atoms with Crippen molar-refractivity contribution in [1.82, 2.24) is 9.62 Å². The zero-order valence-electron chi connectivity index (χ0n) is 19.5. The zero-order valence-corrected chi connectivity index (χ0v) is 20.3. The van der Waals surface area contributed by atoms with Crippen LogP contribution in [0, 0.1) is 11.8 Å². The molecule has 188 valence electrons. The third-order valence-electron chi connectivity index (χ3n) is 7.84. The summed E-state index contributed by atoms with van der Waals surface area (Å²) in [6, 6.07) is 14.3. The first-order chi connectivity index (χ1) is 16.7. The fourth-order valence-corrected chi connectivity index (χ4v) is 6.91. The molecule has 2 heterocycles. The van der Waals surface area contributed by atoms with E-state index in [4.69, 9.17) is 4.99 Å². The Morgan fingerprint density at radius 2 is 1.71 bits per heavy atom. The van der Waals surface area contributed by atoms with Crippen LogP contribution in [0.4, 0.5) is 13.2 Å². The van der Waals surface area contributed by atoms with Crippen LogP contribution in [0.3, 0.4) is 0 Å². The summed E-state index contributed by atoms with van der Waals surface area (Å²) in [5.74, 6) is -0.459. The summed E-state index contributed by atoms with van der Waals surface area (Å²) in [6.07, 6.45) is -1.55. The van der Waals surface area contributed by atoms with Gasteiger partial charge in [-0.1, -0.05) is 42.5 Å². The SMILES string of the molecule is O=C1NC(C2CCC(C(F)(F)F)CC2)=NC12CCN(S(=O)CCc1cccc3ccccc13)CC2. The second-order valence-electron chi connectivity index (χ2n) is 9.92. The number of hydrogen-bond acceptors (Lipinski definition) is 3. The summed E-state index contributed by atoms with van der Waals surface area (Å²) in [5.41, 5.74) is 0.307. The summed E-state index contributed by atoms with van der Waals surface area (Å²) in [7, 11) is -1.16. The summed E-state index contributed by atoms with van der Waals surface area (Å²) < 4.78 is 53.9. The van der Waals surface area contributed by atoms with Gasteiger partial charge in [-0.25, -0.2) is 8.51 Å². The molecule has 2 fully saturated rings. The third kappa shape index (κ3) is 5.03. The maximum atomic E-state index is 13.0. The van der Waals surface area contributed by atoms with Crippen molar-refractivity contribution < 1.29 is 22.2 Å². The Morgan fingerprint density at radius 1 is 1.03 bits per heavy atom. The van der Waals surface area contributed by atoms with Crippen molar-refractivity contribution in [2.75, 3.05) is 18.8 Å².